The topological polar surface area (TPSA) is 143 Å². The minimum absolute atomic E-state index is 0.0479. The van der Waals surface area contributed by atoms with Crippen molar-refractivity contribution in [2.45, 2.75) is 55.9 Å². The average Bonchev–Trinajstić information content (AvgIpc) is 3.34. The van der Waals surface area contributed by atoms with Crippen LogP contribution in [-0.4, -0.2) is 65.0 Å². The fourth-order valence-electron chi connectivity index (χ4n) is 5.06. The summed E-state index contributed by atoms with van der Waals surface area (Å²) in [4.78, 5) is 22.6. The van der Waals surface area contributed by atoms with E-state index in [1.807, 2.05) is 20.8 Å². The Balaban J connectivity index is 1.47. The Labute approximate surface area is 253 Å². The Morgan fingerprint density at radius 1 is 1.16 bits per heavy atom. The van der Waals surface area contributed by atoms with E-state index < -0.39 is 27.0 Å². The van der Waals surface area contributed by atoms with Crippen molar-refractivity contribution in [3.05, 3.63) is 59.1 Å². The number of carbonyl (C=O) groups excluding carboxylic acids is 1. The molecule has 2 aromatic carbocycles. The molecular formula is C29H32ClFN6O5S. The summed E-state index contributed by atoms with van der Waals surface area (Å²) in [5.41, 5.74) is 6.28. The number of rotatable bonds is 6. The van der Waals surface area contributed by atoms with Gasteiger partial charge in [-0.15, -0.1) is 0 Å². The SMILES string of the molecule is COc1ccc(S(=O)(=O)Cc2cccc(-c3nn(C4CCN(C(=O)OC(C)(C)C)CC4)c4ncnc(N)c34)c2F)cc1Cl. The van der Waals surface area contributed by atoms with E-state index in [9.17, 15) is 13.2 Å². The number of hydrogen-bond donors (Lipinski definition) is 1. The molecule has 0 unspecified atom stereocenters. The third kappa shape index (κ3) is 6.23. The van der Waals surface area contributed by atoms with E-state index in [1.54, 1.807) is 15.6 Å². The number of carbonyl (C=O) groups is 1. The predicted molar refractivity (Wildman–Crippen MR) is 160 cm³/mol. The second-order valence-electron chi connectivity index (χ2n) is 11.3. The van der Waals surface area contributed by atoms with Crippen molar-refractivity contribution in [1.82, 2.24) is 24.6 Å². The Kier molecular flexibility index (Phi) is 8.23. The summed E-state index contributed by atoms with van der Waals surface area (Å²) < 4.78 is 54.8. The zero-order valence-electron chi connectivity index (χ0n) is 24.2. The normalized spacial score (nSPS) is 14.7. The number of hydrogen-bond acceptors (Lipinski definition) is 9. The summed E-state index contributed by atoms with van der Waals surface area (Å²) in [7, 11) is -2.54. The molecule has 0 aliphatic carbocycles. The highest BCUT2D eigenvalue weighted by Crippen LogP contribution is 2.37. The standard InChI is InChI=1S/C29H32ClFN6O5S/c1-29(2,3)42-28(38)36-12-10-18(11-13-36)37-27-23(26(32)33-16-34-27)25(35-37)20-7-5-6-17(24(20)31)15-43(39,40)19-8-9-22(41-4)21(30)14-19/h5-9,14,16,18H,10-13,15H2,1-4H3,(H2,32,33,34). The van der Waals surface area contributed by atoms with E-state index in [-0.39, 0.29) is 44.7 Å². The van der Waals surface area contributed by atoms with Crippen LogP contribution in [0.2, 0.25) is 5.02 Å². The fourth-order valence-corrected chi connectivity index (χ4v) is 6.76. The number of nitrogen functional groups attached to an aromatic ring is 1. The molecule has 3 heterocycles. The molecule has 0 atom stereocenters. The molecule has 1 amide bonds. The molecule has 0 spiro atoms. The lowest BCUT2D eigenvalue weighted by Crippen LogP contribution is -2.42. The second kappa shape index (κ2) is 11.6. The number of sulfone groups is 1. The largest absolute Gasteiger partial charge is 0.495 e. The van der Waals surface area contributed by atoms with Crippen molar-refractivity contribution < 1.29 is 27.1 Å². The maximum atomic E-state index is 16.1. The number of anilines is 1. The van der Waals surface area contributed by atoms with Crippen molar-refractivity contribution in [3.63, 3.8) is 0 Å². The van der Waals surface area contributed by atoms with E-state index in [0.29, 0.717) is 42.7 Å². The highest BCUT2D eigenvalue weighted by molar-refractivity contribution is 7.90. The van der Waals surface area contributed by atoms with E-state index in [1.165, 1.54) is 43.8 Å². The number of ether oxygens (including phenoxy) is 2. The van der Waals surface area contributed by atoms with Crippen molar-refractivity contribution in [1.29, 1.82) is 0 Å². The summed E-state index contributed by atoms with van der Waals surface area (Å²) in [6.07, 6.45) is 2.05. The summed E-state index contributed by atoms with van der Waals surface area (Å²) in [6.45, 7) is 6.33. The number of amides is 1. The molecule has 5 rings (SSSR count). The highest BCUT2D eigenvalue weighted by atomic mass is 35.5. The first-order valence-corrected chi connectivity index (χ1v) is 15.6. The van der Waals surface area contributed by atoms with Gasteiger partial charge in [0, 0.05) is 24.2 Å². The van der Waals surface area contributed by atoms with Crippen LogP contribution in [0.25, 0.3) is 22.3 Å². The molecule has 43 heavy (non-hydrogen) atoms. The van der Waals surface area contributed by atoms with Crippen molar-refractivity contribution in [2.75, 3.05) is 25.9 Å². The molecule has 4 aromatic rings. The maximum Gasteiger partial charge on any atom is 0.410 e. The van der Waals surface area contributed by atoms with E-state index in [4.69, 9.17) is 31.9 Å². The lowest BCUT2D eigenvalue weighted by atomic mass is 10.1. The number of piperidine rings is 1. The second-order valence-corrected chi connectivity index (χ2v) is 13.7. The van der Waals surface area contributed by atoms with Gasteiger partial charge < -0.3 is 20.1 Å². The molecule has 1 fully saturated rings. The van der Waals surface area contributed by atoms with Gasteiger partial charge in [0.25, 0.3) is 0 Å². The first-order valence-electron chi connectivity index (χ1n) is 13.6. The average molecular weight is 631 g/mol. The van der Waals surface area contributed by atoms with Gasteiger partial charge >= 0.3 is 6.09 Å². The van der Waals surface area contributed by atoms with Gasteiger partial charge in [0.2, 0.25) is 0 Å². The van der Waals surface area contributed by atoms with Gasteiger partial charge in [0.1, 0.15) is 35.0 Å². The van der Waals surface area contributed by atoms with Gasteiger partial charge in [0.15, 0.2) is 15.5 Å². The number of halogens is 2. The van der Waals surface area contributed by atoms with Gasteiger partial charge in [-0.1, -0.05) is 23.7 Å². The predicted octanol–water partition coefficient (Wildman–Crippen LogP) is 5.42. The molecule has 14 heteroatoms. The fraction of sp³-hybridized carbons (Fsp3) is 0.379. The number of aromatic nitrogens is 4. The zero-order valence-corrected chi connectivity index (χ0v) is 25.7. The van der Waals surface area contributed by atoms with Crippen LogP contribution in [0.15, 0.2) is 47.6 Å². The molecule has 2 N–H and O–H groups in total. The third-order valence-electron chi connectivity index (χ3n) is 7.14. The summed E-state index contributed by atoms with van der Waals surface area (Å²) in [5, 5.41) is 5.23. The number of benzene rings is 2. The van der Waals surface area contributed by atoms with Gasteiger partial charge in [-0.2, -0.15) is 5.10 Å². The highest BCUT2D eigenvalue weighted by Gasteiger charge is 2.31. The molecule has 228 valence electrons. The van der Waals surface area contributed by atoms with Crippen LogP contribution in [0.5, 0.6) is 5.75 Å². The lowest BCUT2D eigenvalue weighted by Gasteiger charge is -2.33. The molecule has 0 radical (unpaired) electrons. The third-order valence-corrected chi connectivity index (χ3v) is 9.10. The van der Waals surface area contributed by atoms with Crippen molar-refractivity contribution >= 4 is 44.4 Å². The molecular weight excluding hydrogens is 599 g/mol. The van der Waals surface area contributed by atoms with Crippen LogP contribution in [0.1, 0.15) is 45.2 Å². The van der Waals surface area contributed by atoms with Crippen LogP contribution >= 0.6 is 11.6 Å². The number of likely N-dealkylation sites (tertiary alicyclic amines) is 1. The van der Waals surface area contributed by atoms with Crippen LogP contribution in [0.3, 0.4) is 0 Å². The Hall–Kier alpha value is -3.97. The van der Waals surface area contributed by atoms with E-state index >= 15 is 4.39 Å². The van der Waals surface area contributed by atoms with Crippen molar-refractivity contribution in [3.8, 4) is 17.0 Å². The Bertz CT molecular complexity index is 1800. The monoisotopic (exact) mass is 630 g/mol. The summed E-state index contributed by atoms with van der Waals surface area (Å²) in [5.74, 6) is -0.919. The maximum absolute atomic E-state index is 16.1. The minimum atomic E-state index is -3.97. The summed E-state index contributed by atoms with van der Waals surface area (Å²) in [6, 6.07) is 8.42. The van der Waals surface area contributed by atoms with Gasteiger partial charge in [-0.25, -0.2) is 32.3 Å². The van der Waals surface area contributed by atoms with E-state index in [0.717, 1.165) is 0 Å². The first kappa shape index (κ1) is 30.5. The molecule has 0 bridgehead atoms. The van der Waals surface area contributed by atoms with Crippen molar-refractivity contribution in [2.24, 2.45) is 0 Å². The van der Waals surface area contributed by atoms with Gasteiger partial charge in [-0.3, -0.25) is 0 Å². The number of methoxy groups -OCH3 is 1. The van der Waals surface area contributed by atoms with Gasteiger partial charge in [0.05, 0.1) is 34.2 Å². The van der Waals surface area contributed by atoms with Crippen LogP contribution in [0, 0.1) is 5.82 Å². The zero-order chi connectivity index (χ0) is 31.1. The molecule has 2 aromatic heterocycles. The number of fused-ring (bicyclic) bond motifs is 1. The quantitative estimate of drug-likeness (QED) is 0.295. The number of nitrogens with two attached hydrogens (primary N) is 1. The Morgan fingerprint density at radius 2 is 1.88 bits per heavy atom. The molecule has 0 saturated carbocycles. The van der Waals surface area contributed by atoms with Crippen LogP contribution < -0.4 is 10.5 Å². The summed E-state index contributed by atoms with van der Waals surface area (Å²) >= 11 is 6.14. The lowest BCUT2D eigenvalue weighted by molar-refractivity contribution is 0.0186. The van der Waals surface area contributed by atoms with Crippen LogP contribution in [-0.2, 0) is 20.3 Å². The molecule has 1 saturated heterocycles. The van der Waals surface area contributed by atoms with Crippen LogP contribution in [0.4, 0.5) is 15.0 Å². The van der Waals surface area contributed by atoms with E-state index in [2.05, 4.69) is 9.97 Å². The minimum Gasteiger partial charge on any atom is -0.495 e. The molecule has 11 nitrogen and oxygen atoms in total. The smallest absolute Gasteiger partial charge is 0.410 e. The van der Waals surface area contributed by atoms with Gasteiger partial charge in [-0.05, 0) is 57.9 Å². The Morgan fingerprint density at radius 3 is 2.53 bits per heavy atom. The molecule has 1 aliphatic heterocycles. The number of nitrogens with zero attached hydrogens (tertiary/aromatic N) is 5. The first-order chi connectivity index (χ1) is 20.3. The molecule has 1 aliphatic rings.